The third-order valence-corrected chi connectivity index (χ3v) is 2.68. The third-order valence-electron chi connectivity index (χ3n) is 2.26. The Kier molecular flexibility index (Phi) is 4.03. The molecule has 2 N–H and O–H groups in total. The van der Waals surface area contributed by atoms with E-state index in [9.17, 15) is 18.0 Å². The van der Waals surface area contributed by atoms with Crippen molar-refractivity contribution < 1.29 is 22.4 Å². The molecule has 0 radical (unpaired) electrons. The van der Waals surface area contributed by atoms with E-state index >= 15 is 0 Å². The minimum Gasteiger partial charge on any atom is -0.434 e. The third kappa shape index (κ3) is 3.77. The van der Waals surface area contributed by atoms with Crippen LogP contribution in [0.1, 0.15) is 5.56 Å². The Balaban J connectivity index is 2.04. The first-order chi connectivity index (χ1) is 9.34. The Bertz CT molecular complexity index is 625. The van der Waals surface area contributed by atoms with Crippen molar-refractivity contribution in [3.8, 4) is 0 Å². The van der Waals surface area contributed by atoms with Crippen LogP contribution in [0.4, 0.5) is 29.5 Å². The molecule has 0 atom stereocenters. The molecule has 1 aromatic heterocycles. The highest BCUT2D eigenvalue weighted by Crippen LogP contribution is 2.30. The molecule has 0 aliphatic carbocycles. The maximum absolute atomic E-state index is 12.5. The standard InChI is InChI=1S/C12H8BrF3N2O2/c13-9-4-5-10(20-9)18-11(19)17-8-3-1-2-7(6-8)12(14,15)16/h1-6H,(H2,17,18,19). The molecule has 1 heterocycles. The fourth-order valence-electron chi connectivity index (χ4n) is 1.43. The Morgan fingerprint density at radius 1 is 1.15 bits per heavy atom. The number of alkyl halides is 3. The van der Waals surface area contributed by atoms with Crippen LogP contribution in [-0.2, 0) is 6.18 Å². The first-order valence-corrected chi connectivity index (χ1v) is 6.14. The van der Waals surface area contributed by atoms with Gasteiger partial charge in [0.15, 0.2) is 4.67 Å². The summed E-state index contributed by atoms with van der Waals surface area (Å²) in [5, 5.41) is 4.63. The summed E-state index contributed by atoms with van der Waals surface area (Å²) in [6.07, 6.45) is -4.46. The molecule has 0 fully saturated rings. The molecule has 8 heteroatoms. The zero-order chi connectivity index (χ0) is 14.8. The van der Waals surface area contributed by atoms with Crippen molar-refractivity contribution in [2.75, 3.05) is 10.6 Å². The van der Waals surface area contributed by atoms with E-state index in [4.69, 9.17) is 4.42 Å². The van der Waals surface area contributed by atoms with Crippen LogP contribution in [0.2, 0.25) is 0 Å². The summed E-state index contributed by atoms with van der Waals surface area (Å²) in [5.41, 5.74) is -0.806. The molecule has 0 saturated carbocycles. The van der Waals surface area contributed by atoms with Crippen molar-refractivity contribution in [2.24, 2.45) is 0 Å². The van der Waals surface area contributed by atoms with E-state index in [-0.39, 0.29) is 11.6 Å². The largest absolute Gasteiger partial charge is 0.434 e. The second kappa shape index (κ2) is 5.58. The number of nitrogens with one attached hydrogen (secondary N) is 2. The number of benzene rings is 1. The Labute approximate surface area is 120 Å². The van der Waals surface area contributed by atoms with Gasteiger partial charge in [-0.2, -0.15) is 13.2 Å². The van der Waals surface area contributed by atoms with E-state index < -0.39 is 17.8 Å². The van der Waals surface area contributed by atoms with Crippen molar-refractivity contribution in [2.45, 2.75) is 6.18 Å². The molecule has 106 valence electrons. The van der Waals surface area contributed by atoms with Crippen LogP contribution in [0.5, 0.6) is 0 Å². The minimum absolute atomic E-state index is 0.0305. The number of urea groups is 1. The van der Waals surface area contributed by atoms with Gasteiger partial charge in [-0.05, 0) is 40.2 Å². The molecule has 2 rings (SSSR count). The average molecular weight is 349 g/mol. The van der Waals surface area contributed by atoms with Crippen LogP contribution in [0, 0.1) is 0 Å². The predicted molar refractivity (Wildman–Crippen MR) is 70.5 cm³/mol. The number of hydrogen-bond donors (Lipinski definition) is 2. The van der Waals surface area contributed by atoms with Crippen molar-refractivity contribution in [3.05, 3.63) is 46.6 Å². The van der Waals surface area contributed by atoms with Crippen LogP contribution in [0.15, 0.2) is 45.5 Å². The number of halogens is 4. The molecule has 0 unspecified atom stereocenters. The van der Waals surface area contributed by atoms with E-state index in [0.29, 0.717) is 4.67 Å². The average Bonchev–Trinajstić information content (AvgIpc) is 2.73. The molecule has 0 aliphatic rings. The molecule has 4 nitrogen and oxygen atoms in total. The molecule has 0 saturated heterocycles. The molecule has 2 amide bonds. The number of rotatable bonds is 2. The number of hydrogen-bond acceptors (Lipinski definition) is 2. The second-order valence-electron chi connectivity index (χ2n) is 3.76. The molecule has 0 spiro atoms. The van der Waals surface area contributed by atoms with Gasteiger partial charge in [0.1, 0.15) is 0 Å². The summed E-state index contributed by atoms with van der Waals surface area (Å²) < 4.78 is 43.0. The lowest BCUT2D eigenvalue weighted by Gasteiger charge is -2.09. The fourth-order valence-corrected chi connectivity index (χ4v) is 1.74. The van der Waals surface area contributed by atoms with Crippen LogP contribution < -0.4 is 10.6 Å². The summed E-state index contributed by atoms with van der Waals surface area (Å²) in [7, 11) is 0. The zero-order valence-electron chi connectivity index (χ0n) is 9.79. The van der Waals surface area contributed by atoms with E-state index in [1.54, 1.807) is 6.07 Å². The summed E-state index contributed by atoms with van der Waals surface area (Å²) in [5.74, 6) is 0.168. The lowest BCUT2D eigenvalue weighted by atomic mass is 10.2. The zero-order valence-corrected chi connectivity index (χ0v) is 11.4. The number of amides is 2. The SMILES string of the molecule is O=C(Nc1cccc(C(F)(F)F)c1)Nc1ccc(Br)o1. The van der Waals surface area contributed by atoms with Gasteiger partial charge in [0.25, 0.3) is 0 Å². The van der Waals surface area contributed by atoms with Crippen LogP contribution in [0.3, 0.4) is 0 Å². The van der Waals surface area contributed by atoms with Gasteiger partial charge in [0.05, 0.1) is 5.56 Å². The summed E-state index contributed by atoms with van der Waals surface area (Å²) >= 11 is 3.06. The molecule has 1 aromatic carbocycles. The highest BCUT2D eigenvalue weighted by atomic mass is 79.9. The van der Waals surface area contributed by atoms with Crippen LogP contribution in [0.25, 0.3) is 0 Å². The van der Waals surface area contributed by atoms with Gasteiger partial charge in [0.2, 0.25) is 5.88 Å². The highest BCUT2D eigenvalue weighted by Gasteiger charge is 2.30. The van der Waals surface area contributed by atoms with Crippen LogP contribution in [-0.4, -0.2) is 6.03 Å². The normalized spacial score (nSPS) is 11.2. The van der Waals surface area contributed by atoms with E-state index in [1.165, 1.54) is 18.2 Å². The first-order valence-electron chi connectivity index (χ1n) is 5.35. The second-order valence-corrected chi connectivity index (χ2v) is 4.54. The number of carbonyl (C=O) groups excluding carboxylic acids is 1. The van der Waals surface area contributed by atoms with Gasteiger partial charge in [-0.3, -0.25) is 5.32 Å². The Morgan fingerprint density at radius 3 is 2.50 bits per heavy atom. The first kappa shape index (κ1) is 14.4. The van der Waals surface area contributed by atoms with Gasteiger partial charge in [-0.1, -0.05) is 6.07 Å². The topological polar surface area (TPSA) is 54.3 Å². The number of anilines is 2. The predicted octanol–water partition coefficient (Wildman–Crippen LogP) is 4.70. The van der Waals surface area contributed by atoms with Gasteiger partial charge in [0, 0.05) is 11.8 Å². The van der Waals surface area contributed by atoms with Crippen molar-refractivity contribution in [1.82, 2.24) is 0 Å². The van der Waals surface area contributed by atoms with E-state index in [2.05, 4.69) is 26.6 Å². The van der Waals surface area contributed by atoms with Crippen LogP contribution >= 0.6 is 15.9 Å². The summed E-state index contributed by atoms with van der Waals surface area (Å²) in [6, 6.07) is 6.70. The van der Waals surface area contributed by atoms with Gasteiger partial charge >= 0.3 is 12.2 Å². The van der Waals surface area contributed by atoms with Gasteiger partial charge in [-0.15, -0.1) is 0 Å². The monoisotopic (exact) mass is 348 g/mol. The maximum Gasteiger partial charge on any atom is 0.416 e. The molecular formula is C12H8BrF3N2O2. The minimum atomic E-state index is -4.46. The molecule has 20 heavy (non-hydrogen) atoms. The molecule has 0 bridgehead atoms. The molecular weight excluding hydrogens is 341 g/mol. The van der Waals surface area contributed by atoms with Crippen molar-refractivity contribution >= 4 is 33.5 Å². The molecule has 2 aromatic rings. The maximum atomic E-state index is 12.5. The highest BCUT2D eigenvalue weighted by molar-refractivity contribution is 9.10. The van der Waals surface area contributed by atoms with Crippen molar-refractivity contribution in [1.29, 1.82) is 0 Å². The van der Waals surface area contributed by atoms with Gasteiger partial charge < -0.3 is 9.73 Å². The lowest BCUT2D eigenvalue weighted by molar-refractivity contribution is -0.137. The number of furan rings is 1. The Morgan fingerprint density at radius 2 is 1.90 bits per heavy atom. The molecule has 0 aliphatic heterocycles. The fraction of sp³-hybridized carbons (Fsp3) is 0.0833. The van der Waals surface area contributed by atoms with Gasteiger partial charge in [-0.25, -0.2) is 4.79 Å². The summed E-state index contributed by atoms with van der Waals surface area (Å²) in [6.45, 7) is 0. The van der Waals surface area contributed by atoms with E-state index in [1.807, 2.05) is 0 Å². The Hall–Kier alpha value is -1.96. The smallest absolute Gasteiger partial charge is 0.416 e. The quantitative estimate of drug-likeness (QED) is 0.825. The van der Waals surface area contributed by atoms with E-state index in [0.717, 1.165) is 12.1 Å². The summed E-state index contributed by atoms with van der Waals surface area (Å²) in [4.78, 5) is 11.6. The number of carbonyl (C=O) groups is 1. The lowest BCUT2D eigenvalue weighted by Crippen LogP contribution is -2.19. The van der Waals surface area contributed by atoms with Crippen molar-refractivity contribution in [3.63, 3.8) is 0 Å².